The van der Waals surface area contributed by atoms with Gasteiger partial charge >= 0.3 is 0 Å². The normalized spacial score (nSPS) is 14.9. The number of nitrogens with one attached hydrogen (secondary N) is 2. The lowest BCUT2D eigenvalue weighted by atomic mass is 10.1. The molecule has 3 aromatic rings. The maximum Gasteiger partial charge on any atom is 0.268 e. The van der Waals surface area contributed by atoms with Gasteiger partial charge in [-0.2, -0.15) is 0 Å². The topological polar surface area (TPSA) is 87.7 Å². The minimum atomic E-state index is -0.723. The molecule has 1 unspecified atom stereocenters. The van der Waals surface area contributed by atoms with E-state index < -0.39 is 6.10 Å². The fourth-order valence-electron chi connectivity index (χ4n) is 3.54. The van der Waals surface area contributed by atoms with E-state index >= 15 is 0 Å². The van der Waals surface area contributed by atoms with Crippen LogP contribution in [0.2, 0.25) is 0 Å². The van der Waals surface area contributed by atoms with Gasteiger partial charge in [-0.1, -0.05) is 36.4 Å². The molecule has 1 aliphatic heterocycles. The van der Waals surface area contributed by atoms with Gasteiger partial charge in [0, 0.05) is 16.9 Å². The molecule has 1 atom stereocenters. The summed E-state index contributed by atoms with van der Waals surface area (Å²) >= 11 is 0. The van der Waals surface area contributed by atoms with Crippen LogP contribution in [-0.2, 0) is 9.59 Å². The van der Waals surface area contributed by atoms with Crippen molar-refractivity contribution in [2.24, 2.45) is 0 Å². The molecule has 162 valence electrons. The summed E-state index contributed by atoms with van der Waals surface area (Å²) in [5.74, 6) is -0.451. The lowest BCUT2D eigenvalue weighted by Gasteiger charge is -2.33. The third-order valence-corrected chi connectivity index (χ3v) is 5.17. The number of nitrogens with zero attached hydrogens (tertiary/aromatic N) is 1. The molecular formula is C25H23N3O4. The van der Waals surface area contributed by atoms with Gasteiger partial charge in [-0.15, -0.1) is 0 Å². The summed E-state index contributed by atoms with van der Waals surface area (Å²) in [6.45, 7) is 3.33. The Bertz CT molecular complexity index is 1180. The summed E-state index contributed by atoms with van der Waals surface area (Å²) in [5, 5.41) is 5.64. The molecule has 32 heavy (non-hydrogen) atoms. The zero-order chi connectivity index (χ0) is 22.7. The number of benzene rings is 3. The molecule has 0 aromatic heterocycles. The van der Waals surface area contributed by atoms with E-state index in [1.165, 1.54) is 4.90 Å². The number of ether oxygens (including phenoxy) is 1. The van der Waals surface area contributed by atoms with Crippen LogP contribution in [0.4, 0.5) is 17.1 Å². The maximum atomic E-state index is 12.8. The van der Waals surface area contributed by atoms with E-state index in [9.17, 15) is 14.4 Å². The number of fused-ring (bicyclic) bond motifs is 1. The van der Waals surface area contributed by atoms with Crippen LogP contribution in [0.1, 0.15) is 22.8 Å². The summed E-state index contributed by atoms with van der Waals surface area (Å²) in [5.41, 5.74) is 2.99. The summed E-state index contributed by atoms with van der Waals surface area (Å²) in [4.78, 5) is 39.5. The Kier molecular flexibility index (Phi) is 5.89. The molecule has 1 aliphatic rings. The van der Waals surface area contributed by atoms with E-state index in [-0.39, 0.29) is 24.3 Å². The molecule has 0 fully saturated rings. The van der Waals surface area contributed by atoms with Gasteiger partial charge < -0.3 is 15.4 Å². The molecule has 0 radical (unpaired) electrons. The van der Waals surface area contributed by atoms with Crippen LogP contribution in [-0.4, -0.2) is 30.4 Å². The molecule has 0 aliphatic carbocycles. The van der Waals surface area contributed by atoms with Crippen LogP contribution in [0, 0.1) is 6.92 Å². The predicted molar refractivity (Wildman–Crippen MR) is 123 cm³/mol. The SMILES string of the molecule is Cc1ccccc1C(=O)Nc1ccc2c(c1)N(CC(=O)Nc1ccccc1)C(=O)C(C)O2. The van der Waals surface area contributed by atoms with Crippen LogP contribution < -0.4 is 20.3 Å². The van der Waals surface area contributed by atoms with E-state index in [0.29, 0.717) is 28.4 Å². The molecule has 3 amide bonds. The second kappa shape index (κ2) is 8.93. The van der Waals surface area contributed by atoms with Crippen molar-refractivity contribution in [2.75, 3.05) is 22.1 Å². The highest BCUT2D eigenvalue weighted by molar-refractivity contribution is 6.08. The molecule has 3 aromatic carbocycles. The second-order valence-corrected chi connectivity index (χ2v) is 7.55. The minimum absolute atomic E-state index is 0.177. The monoisotopic (exact) mass is 429 g/mol. The van der Waals surface area contributed by atoms with E-state index in [1.807, 2.05) is 37.3 Å². The number of rotatable bonds is 5. The standard InChI is InChI=1S/C25H23N3O4/c1-16-8-6-7-11-20(16)24(30)27-19-12-13-22-21(14-19)28(25(31)17(2)32-22)15-23(29)26-18-9-4-3-5-10-18/h3-14,17H,15H2,1-2H3,(H,26,29)(H,27,30). The van der Waals surface area contributed by atoms with Gasteiger partial charge in [-0.05, 0) is 55.8 Å². The first-order valence-electron chi connectivity index (χ1n) is 10.3. The Labute approximate surface area is 186 Å². The largest absolute Gasteiger partial charge is 0.479 e. The molecule has 0 bridgehead atoms. The molecular weight excluding hydrogens is 406 g/mol. The number of para-hydroxylation sites is 1. The molecule has 0 spiro atoms. The fourth-order valence-corrected chi connectivity index (χ4v) is 3.54. The Balaban J connectivity index is 1.57. The third kappa shape index (κ3) is 4.46. The Morgan fingerprint density at radius 3 is 2.41 bits per heavy atom. The number of hydrogen-bond donors (Lipinski definition) is 2. The Morgan fingerprint density at radius 1 is 0.938 bits per heavy atom. The van der Waals surface area contributed by atoms with Crippen molar-refractivity contribution in [3.05, 3.63) is 83.9 Å². The molecule has 2 N–H and O–H groups in total. The van der Waals surface area contributed by atoms with Crippen molar-refractivity contribution in [3.63, 3.8) is 0 Å². The average molecular weight is 429 g/mol. The quantitative estimate of drug-likeness (QED) is 0.642. The van der Waals surface area contributed by atoms with Crippen molar-refractivity contribution in [2.45, 2.75) is 20.0 Å². The van der Waals surface area contributed by atoms with Gasteiger partial charge in [0.2, 0.25) is 5.91 Å². The predicted octanol–water partition coefficient (Wildman–Crippen LogP) is 4.00. The van der Waals surface area contributed by atoms with Gasteiger partial charge in [-0.25, -0.2) is 0 Å². The Morgan fingerprint density at radius 2 is 1.66 bits per heavy atom. The van der Waals surface area contributed by atoms with E-state index in [0.717, 1.165) is 5.56 Å². The summed E-state index contributed by atoms with van der Waals surface area (Å²) < 4.78 is 5.70. The van der Waals surface area contributed by atoms with E-state index in [4.69, 9.17) is 4.74 Å². The first kappa shape index (κ1) is 21.1. The maximum absolute atomic E-state index is 12.8. The van der Waals surface area contributed by atoms with Crippen molar-refractivity contribution >= 4 is 34.8 Å². The smallest absolute Gasteiger partial charge is 0.268 e. The first-order chi connectivity index (χ1) is 15.4. The summed E-state index contributed by atoms with van der Waals surface area (Å²) in [6, 6.07) is 21.4. The van der Waals surface area contributed by atoms with E-state index in [2.05, 4.69) is 10.6 Å². The summed E-state index contributed by atoms with van der Waals surface area (Å²) in [7, 11) is 0. The van der Waals surface area contributed by atoms with Crippen molar-refractivity contribution in [1.29, 1.82) is 0 Å². The molecule has 7 heteroatoms. The second-order valence-electron chi connectivity index (χ2n) is 7.55. The van der Waals surface area contributed by atoms with Crippen LogP contribution >= 0.6 is 0 Å². The molecule has 7 nitrogen and oxygen atoms in total. The number of anilines is 3. The number of carbonyl (C=O) groups is 3. The minimum Gasteiger partial charge on any atom is -0.479 e. The lowest BCUT2D eigenvalue weighted by molar-refractivity contribution is -0.127. The van der Waals surface area contributed by atoms with Crippen molar-refractivity contribution < 1.29 is 19.1 Å². The zero-order valence-corrected chi connectivity index (χ0v) is 17.8. The van der Waals surface area contributed by atoms with Crippen LogP contribution in [0.15, 0.2) is 72.8 Å². The van der Waals surface area contributed by atoms with Crippen LogP contribution in [0.25, 0.3) is 0 Å². The zero-order valence-electron chi connectivity index (χ0n) is 17.8. The number of amides is 3. The molecule has 0 saturated carbocycles. The van der Waals surface area contributed by atoms with Crippen LogP contribution in [0.3, 0.4) is 0 Å². The number of aryl methyl sites for hydroxylation is 1. The Hall–Kier alpha value is -4.13. The fraction of sp³-hybridized carbons (Fsp3) is 0.160. The van der Waals surface area contributed by atoms with E-state index in [1.54, 1.807) is 49.4 Å². The lowest BCUT2D eigenvalue weighted by Crippen LogP contribution is -2.47. The van der Waals surface area contributed by atoms with Gasteiger partial charge in [-0.3, -0.25) is 19.3 Å². The molecule has 0 saturated heterocycles. The molecule has 4 rings (SSSR count). The molecule has 1 heterocycles. The third-order valence-electron chi connectivity index (χ3n) is 5.17. The first-order valence-corrected chi connectivity index (χ1v) is 10.3. The van der Waals surface area contributed by atoms with Crippen LogP contribution in [0.5, 0.6) is 5.75 Å². The average Bonchev–Trinajstić information content (AvgIpc) is 2.78. The van der Waals surface area contributed by atoms with Gasteiger partial charge in [0.05, 0.1) is 5.69 Å². The van der Waals surface area contributed by atoms with Gasteiger partial charge in [0.1, 0.15) is 12.3 Å². The number of hydrogen-bond acceptors (Lipinski definition) is 4. The summed E-state index contributed by atoms with van der Waals surface area (Å²) in [6.07, 6.45) is -0.723. The highest BCUT2D eigenvalue weighted by atomic mass is 16.5. The van der Waals surface area contributed by atoms with Crippen molar-refractivity contribution in [3.8, 4) is 5.75 Å². The van der Waals surface area contributed by atoms with Gasteiger partial charge in [0.15, 0.2) is 6.10 Å². The highest BCUT2D eigenvalue weighted by Gasteiger charge is 2.33. The van der Waals surface area contributed by atoms with Gasteiger partial charge in [0.25, 0.3) is 11.8 Å². The highest BCUT2D eigenvalue weighted by Crippen LogP contribution is 2.36. The number of carbonyl (C=O) groups excluding carboxylic acids is 3. The van der Waals surface area contributed by atoms with Crippen molar-refractivity contribution in [1.82, 2.24) is 0 Å².